The van der Waals surface area contributed by atoms with Gasteiger partial charge in [0.25, 0.3) is 0 Å². The molecule has 11 nitrogen and oxygen atoms in total. The van der Waals surface area contributed by atoms with Gasteiger partial charge in [-0.15, -0.1) is 0 Å². The second-order valence-electron chi connectivity index (χ2n) is 9.76. The van der Waals surface area contributed by atoms with E-state index in [-0.39, 0.29) is 11.5 Å². The maximum Gasteiger partial charge on any atom is 0.326 e. The molecule has 0 spiro atoms. The smallest absolute Gasteiger partial charge is 0.326 e. The molecule has 0 saturated heterocycles. The van der Waals surface area contributed by atoms with Gasteiger partial charge in [0.15, 0.2) is 11.5 Å². The van der Waals surface area contributed by atoms with Crippen LogP contribution in [0.15, 0.2) is 42.9 Å². The Labute approximate surface area is 234 Å². The van der Waals surface area contributed by atoms with Gasteiger partial charge in [-0.1, -0.05) is 6.07 Å². The highest BCUT2D eigenvalue weighted by atomic mass is 16.5. The van der Waals surface area contributed by atoms with Crippen LogP contribution in [0.25, 0.3) is 0 Å². The maximum atomic E-state index is 12.0. The van der Waals surface area contributed by atoms with Gasteiger partial charge >= 0.3 is 5.97 Å². The molecule has 0 fully saturated rings. The van der Waals surface area contributed by atoms with Gasteiger partial charge in [-0.25, -0.2) is 19.7 Å². The summed E-state index contributed by atoms with van der Waals surface area (Å²) in [5.41, 5.74) is 3.27. The largest absolute Gasteiger partial charge is 0.490 e. The van der Waals surface area contributed by atoms with E-state index in [0.717, 1.165) is 68.1 Å². The second kappa shape index (κ2) is 14.7. The molecule has 1 aliphatic rings. The quantitative estimate of drug-likeness (QED) is 0.241. The molecule has 4 rings (SSSR count). The van der Waals surface area contributed by atoms with E-state index in [1.54, 1.807) is 6.20 Å². The third-order valence-corrected chi connectivity index (χ3v) is 6.88. The fraction of sp³-hybridized carbons (Fsp3) is 0.448. The number of hydrogen-bond donors (Lipinski definition) is 3. The SMILES string of the molecule is Cc1ncccc1OCCN(CCCCc1ccc2c(n1)NCCC2)CCC(Nc1nccnc1C#N)C(=O)O. The van der Waals surface area contributed by atoms with Crippen molar-refractivity contribution in [3.05, 3.63) is 65.5 Å². The van der Waals surface area contributed by atoms with Crippen molar-refractivity contribution >= 4 is 17.6 Å². The zero-order valence-corrected chi connectivity index (χ0v) is 22.8. The predicted octanol–water partition coefficient (Wildman–Crippen LogP) is 3.46. The number of aliphatic carboxylic acids is 1. The molecule has 3 N–H and O–H groups in total. The van der Waals surface area contributed by atoms with E-state index >= 15 is 0 Å². The van der Waals surface area contributed by atoms with Gasteiger partial charge in [-0.3, -0.25) is 9.88 Å². The lowest BCUT2D eigenvalue weighted by atomic mass is 10.1. The van der Waals surface area contributed by atoms with E-state index in [0.29, 0.717) is 26.1 Å². The summed E-state index contributed by atoms with van der Waals surface area (Å²) in [6.07, 6.45) is 9.90. The van der Waals surface area contributed by atoms with Gasteiger partial charge < -0.3 is 20.5 Å². The van der Waals surface area contributed by atoms with Crippen LogP contribution in [0.2, 0.25) is 0 Å². The standard InChI is InChI=1S/C29H36N8O3/c1-21-26(8-5-12-31-21)40-19-18-37(16-3-2-7-23-10-9-22-6-4-13-33-27(22)35-23)17-11-24(29(38)39)36-28-25(20-30)32-14-15-34-28/h5,8-10,12,14-15,24H,2-4,6-7,11,13,16-19H2,1H3,(H,33,35)(H,34,36)(H,38,39). The van der Waals surface area contributed by atoms with Crippen molar-refractivity contribution in [2.75, 3.05) is 43.4 Å². The predicted molar refractivity (Wildman–Crippen MR) is 151 cm³/mol. The Kier molecular flexibility index (Phi) is 10.6. The number of hydrogen-bond acceptors (Lipinski definition) is 10. The van der Waals surface area contributed by atoms with Crippen molar-refractivity contribution in [3.8, 4) is 11.8 Å². The van der Waals surface area contributed by atoms with Crippen LogP contribution in [0.5, 0.6) is 5.75 Å². The molecule has 0 amide bonds. The van der Waals surface area contributed by atoms with Crippen LogP contribution in [0.4, 0.5) is 11.6 Å². The molecule has 3 aromatic rings. The number of nitrogens with zero attached hydrogens (tertiary/aromatic N) is 6. The zero-order valence-electron chi connectivity index (χ0n) is 22.8. The summed E-state index contributed by atoms with van der Waals surface area (Å²) in [6, 6.07) is 9.07. The average molecular weight is 545 g/mol. The summed E-state index contributed by atoms with van der Waals surface area (Å²) in [4.78, 5) is 31.4. The third kappa shape index (κ3) is 8.35. The van der Waals surface area contributed by atoms with E-state index in [1.807, 2.05) is 25.1 Å². The van der Waals surface area contributed by atoms with E-state index in [4.69, 9.17) is 9.72 Å². The lowest BCUT2D eigenvalue weighted by Crippen LogP contribution is -2.37. The van der Waals surface area contributed by atoms with Crippen molar-refractivity contribution < 1.29 is 14.6 Å². The van der Waals surface area contributed by atoms with Crippen molar-refractivity contribution in [2.45, 2.75) is 51.5 Å². The molecule has 210 valence electrons. The first kappa shape index (κ1) is 28.7. The Morgan fingerprint density at radius 1 is 1.18 bits per heavy atom. The summed E-state index contributed by atoms with van der Waals surface area (Å²) in [5.74, 6) is 0.921. The molecule has 40 heavy (non-hydrogen) atoms. The number of nitriles is 1. The molecular weight excluding hydrogens is 508 g/mol. The first-order chi connectivity index (χ1) is 19.5. The molecule has 1 unspecified atom stereocenters. The normalized spacial score (nSPS) is 13.1. The molecule has 0 radical (unpaired) electrons. The molecule has 0 saturated carbocycles. The monoisotopic (exact) mass is 544 g/mol. The number of pyridine rings is 2. The first-order valence-corrected chi connectivity index (χ1v) is 13.7. The first-order valence-electron chi connectivity index (χ1n) is 13.7. The summed E-state index contributed by atoms with van der Waals surface area (Å²) >= 11 is 0. The highest BCUT2D eigenvalue weighted by Crippen LogP contribution is 2.20. The lowest BCUT2D eigenvalue weighted by Gasteiger charge is -2.25. The molecule has 4 heterocycles. The van der Waals surface area contributed by atoms with Gasteiger partial charge in [-0.05, 0) is 75.8 Å². The number of carboxylic acids is 1. The minimum Gasteiger partial charge on any atom is -0.490 e. The molecular formula is C29H36N8O3. The lowest BCUT2D eigenvalue weighted by molar-refractivity contribution is -0.138. The summed E-state index contributed by atoms with van der Waals surface area (Å²) in [6.45, 7) is 5.29. The molecule has 1 atom stereocenters. The minimum absolute atomic E-state index is 0.0665. The van der Waals surface area contributed by atoms with Crippen LogP contribution in [0, 0.1) is 18.3 Å². The highest BCUT2D eigenvalue weighted by molar-refractivity contribution is 5.77. The molecule has 0 aliphatic carbocycles. The van der Waals surface area contributed by atoms with Crippen LogP contribution in [-0.2, 0) is 17.6 Å². The number of carboxylic acid groups (broad SMARTS) is 1. The van der Waals surface area contributed by atoms with Crippen molar-refractivity contribution in [1.29, 1.82) is 5.26 Å². The molecule has 1 aliphatic heterocycles. The van der Waals surface area contributed by atoms with Gasteiger partial charge in [0, 0.05) is 43.9 Å². The van der Waals surface area contributed by atoms with E-state index in [1.165, 1.54) is 18.0 Å². The van der Waals surface area contributed by atoms with Crippen LogP contribution in [0.1, 0.15) is 48.3 Å². The fourth-order valence-electron chi connectivity index (χ4n) is 4.65. The van der Waals surface area contributed by atoms with Crippen molar-refractivity contribution in [3.63, 3.8) is 0 Å². The number of anilines is 2. The fourth-order valence-corrected chi connectivity index (χ4v) is 4.65. The summed E-state index contributed by atoms with van der Waals surface area (Å²) < 4.78 is 5.97. The van der Waals surface area contributed by atoms with Crippen molar-refractivity contribution in [1.82, 2.24) is 24.8 Å². The Bertz CT molecular complexity index is 1310. The Balaban J connectivity index is 1.33. The van der Waals surface area contributed by atoms with Crippen LogP contribution in [-0.4, -0.2) is 74.7 Å². The van der Waals surface area contributed by atoms with Crippen LogP contribution >= 0.6 is 0 Å². The van der Waals surface area contributed by atoms with Crippen LogP contribution in [0.3, 0.4) is 0 Å². The van der Waals surface area contributed by atoms with E-state index in [9.17, 15) is 15.2 Å². The number of ether oxygens (including phenoxy) is 1. The summed E-state index contributed by atoms with van der Waals surface area (Å²) in [7, 11) is 0. The van der Waals surface area contributed by atoms with Gasteiger partial charge in [0.2, 0.25) is 0 Å². The minimum atomic E-state index is -1.01. The number of rotatable bonds is 15. The molecule has 11 heteroatoms. The Morgan fingerprint density at radius 2 is 2.05 bits per heavy atom. The van der Waals surface area contributed by atoms with Gasteiger partial charge in [0.1, 0.15) is 30.3 Å². The second-order valence-corrected chi connectivity index (χ2v) is 9.76. The number of nitrogens with one attached hydrogen (secondary N) is 2. The van der Waals surface area contributed by atoms with Crippen LogP contribution < -0.4 is 15.4 Å². The molecule has 0 bridgehead atoms. The third-order valence-electron chi connectivity index (χ3n) is 6.88. The van der Waals surface area contributed by atoms with Gasteiger partial charge in [-0.2, -0.15) is 5.26 Å². The Morgan fingerprint density at radius 3 is 2.88 bits per heavy atom. The maximum absolute atomic E-state index is 12.0. The number of unbranched alkanes of at least 4 members (excludes halogenated alkanes) is 1. The number of aryl methyl sites for hydroxylation is 3. The van der Waals surface area contributed by atoms with E-state index in [2.05, 4.69) is 42.6 Å². The highest BCUT2D eigenvalue weighted by Gasteiger charge is 2.21. The number of aromatic nitrogens is 4. The topological polar surface area (TPSA) is 149 Å². The molecule has 0 aromatic carbocycles. The Hall–Kier alpha value is -4.30. The zero-order chi connectivity index (χ0) is 28.2. The number of fused-ring (bicyclic) bond motifs is 1. The number of carbonyl (C=O) groups is 1. The molecule has 3 aromatic heterocycles. The average Bonchev–Trinajstić information content (AvgIpc) is 2.97. The van der Waals surface area contributed by atoms with E-state index < -0.39 is 12.0 Å². The summed E-state index contributed by atoms with van der Waals surface area (Å²) in [5, 5.41) is 25.4. The van der Waals surface area contributed by atoms with Crippen molar-refractivity contribution in [2.24, 2.45) is 0 Å². The van der Waals surface area contributed by atoms with Gasteiger partial charge in [0.05, 0.1) is 5.69 Å².